The Labute approximate surface area is 145 Å². The maximum atomic E-state index is 13.6. The van der Waals surface area contributed by atoms with E-state index in [1.54, 1.807) is 4.90 Å². The Hall–Kier alpha value is -2.76. The van der Waals surface area contributed by atoms with Crippen molar-refractivity contribution < 1.29 is 18.4 Å². The second kappa shape index (κ2) is 8.37. The van der Waals surface area contributed by atoms with Gasteiger partial charge in [0.1, 0.15) is 11.6 Å². The van der Waals surface area contributed by atoms with Gasteiger partial charge in [0.25, 0.3) is 5.91 Å². The molecule has 0 aliphatic carbocycles. The van der Waals surface area contributed by atoms with Crippen LogP contribution in [0.1, 0.15) is 28.4 Å². The fraction of sp³-hybridized carbons (Fsp3) is 0.263. The molecule has 6 heteroatoms. The summed E-state index contributed by atoms with van der Waals surface area (Å²) in [5, 5.41) is 2.38. The molecular formula is C19H20F2N2O2. The first-order valence-corrected chi connectivity index (χ1v) is 7.98. The average Bonchev–Trinajstić information content (AvgIpc) is 2.58. The molecule has 2 rings (SSSR count). The number of rotatable bonds is 6. The van der Waals surface area contributed by atoms with Crippen molar-refractivity contribution in [3.63, 3.8) is 0 Å². The predicted molar refractivity (Wildman–Crippen MR) is 91.0 cm³/mol. The third-order valence-corrected chi connectivity index (χ3v) is 3.93. The highest BCUT2D eigenvalue weighted by molar-refractivity contribution is 5.96. The summed E-state index contributed by atoms with van der Waals surface area (Å²) in [5.41, 5.74) is 1.80. The lowest BCUT2D eigenvalue weighted by Crippen LogP contribution is -2.40. The summed E-state index contributed by atoms with van der Waals surface area (Å²) in [7, 11) is 0. The average molecular weight is 346 g/mol. The Morgan fingerprint density at radius 2 is 1.84 bits per heavy atom. The quantitative estimate of drug-likeness (QED) is 0.874. The number of nitrogens with zero attached hydrogens (tertiary/aromatic N) is 1. The van der Waals surface area contributed by atoms with Crippen LogP contribution < -0.4 is 5.32 Å². The standard InChI is InChI=1S/C19H20F2N2O2/c1-3-23(12-14-7-5-4-6-13(14)2)18(24)11-22-19(25)16-9-8-15(20)10-17(16)21/h4-10H,3,11-12H2,1-2H3,(H,22,25). The van der Waals surface area contributed by atoms with E-state index in [4.69, 9.17) is 0 Å². The van der Waals surface area contributed by atoms with E-state index in [9.17, 15) is 18.4 Å². The third kappa shape index (κ3) is 4.86. The molecule has 0 heterocycles. The van der Waals surface area contributed by atoms with Crippen molar-refractivity contribution >= 4 is 11.8 Å². The molecule has 2 amide bonds. The normalized spacial score (nSPS) is 10.4. The fourth-order valence-corrected chi connectivity index (χ4v) is 2.41. The van der Waals surface area contributed by atoms with Gasteiger partial charge in [-0.2, -0.15) is 0 Å². The summed E-state index contributed by atoms with van der Waals surface area (Å²) in [6.07, 6.45) is 0. The first kappa shape index (κ1) is 18.6. The van der Waals surface area contributed by atoms with E-state index in [1.807, 2.05) is 38.1 Å². The molecule has 0 saturated heterocycles. The van der Waals surface area contributed by atoms with E-state index in [0.717, 1.165) is 23.3 Å². The molecule has 4 nitrogen and oxygen atoms in total. The molecule has 1 N–H and O–H groups in total. The van der Waals surface area contributed by atoms with Gasteiger partial charge in [0, 0.05) is 19.2 Å². The summed E-state index contributed by atoms with van der Waals surface area (Å²) < 4.78 is 26.5. The molecule has 0 bridgehead atoms. The summed E-state index contributed by atoms with van der Waals surface area (Å²) in [5.74, 6) is -2.75. The molecule has 0 fully saturated rings. The number of amides is 2. The van der Waals surface area contributed by atoms with Gasteiger partial charge < -0.3 is 10.2 Å². The Balaban J connectivity index is 1.97. The number of aryl methyl sites for hydroxylation is 1. The van der Waals surface area contributed by atoms with Crippen LogP contribution in [0.4, 0.5) is 8.78 Å². The summed E-state index contributed by atoms with van der Waals surface area (Å²) in [6, 6.07) is 10.4. The van der Waals surface area contributed by atoms with Crippen molar-refractivity contribution in [2.24, 2.45) is 0 Å². The van der Waals surface area contributed by atoms with Crippen LogP contribution in [0.25, 0.3) is 0 Å². The van der Waals surface area contributed by atoms with Crippen LogP contribution in [0.15, 0.2) is 42.5 Å². The Bertz CT molecular complexity index is 778. The Kier molecular flexibility index (Phi) is 6.22. The number of carbonyl (C=O) groups is 2. The van der Waals surface area contributed by atoms with E-state index in [0.29, 0.717) is 19.2 Å². The van der Waals surface area contributed by atoms with Crippen molar-refractivity contribution in [1.29, 1.82) is 0 Å². The lowest BCUT2D eigenvalue weighted by atomic mass is 10.1. The van der Waals surface area contributed by atoms with Gasteiger partial charge in [0.05, 0.1) is 12.1 Å². The lowest BCUT2D eigenvalue weighted by molar-refractivity contribution is -0.130. The minimum absolute atomic E-state index is 0.255. The maximum absolute atomic E-state index is 13.6. The molecule has 0 unspecified atom stereocenters. The molecule has 0 aliphatic rings. The number of halogens is 2. The highest BCUT2D eigenvalue weighted by atomic mass is 19.1. The van der Waals surface area contributed by atoms with E-state index < -0.39 is 17.5 Å². The number of carbonyl (C=O) groups excluding carboxylic acids is 2. The molecule has 2 aromatic carbocycles. The largest absolute Gasteiger partial charge is 0.343 e. The molecule has 0 radical (unpaired) electrons. The summed E-state index contributed by atoms with van der Waals surface area (Å²) in [4.78, 5) is 25.9. The summed E-state index contributed by atoms with van der Waals surface area (Å²) in [6.45, 7) is 4.47. The van der Waals surface area contributed by atoms with Crippen molar-refractivity contribution in [1.82, 2.24) is 10.2 Å². The van der Waals surface area contributed by atoms with E-state index in [1.165, 1.54) is 0 Å². The molecule has 2 aromatic rings. The van der Waals surface area contributed by atoms with Crippen LogP contribution in [0.3, 0.4) is 0 Å². The number of hydrogen-bond donors (Lipinski definition) is 1. The van der Waals surface area contributed by atoms with Gasteiger partial charge in [0.2, 0.25) is 5.91 Å². The number of benzene rings is 2. The van der Waals surface area contributed by atoms with Crippen LogP contribution >= 0.6 is 0 Å². The monoisotopic (exact) mass is 346 g/mol. The third-order valence-electron chi connectivity index (χ3n) is 3.93. The van der Waals surface area contributed by atoms with Crippen molar-refractivity contribution in [2.75, 3.05) is 13.1 Å². The van der Waals surface area contributed by atoms with Crippen LogP contribution in [-0.4, -0.2) is 29.8 Å². The topological polar surface area (TPSA) is 49.4 Å². The molecule has 132 valence electrons. The number of likely N-dealkylation sites (N-methyl/N-ethyl adjacent to an activating group) is 1. The minimum atomic E-state index is -0.961. The van der Waals surface area contributed by atoms with Crippen LogP contribution in [0.2, 0.25) is 0 Å². The molecule has 0 saturated carbocycles. The van der Waals surface area contributed by atoms with Gasteiger partial charge in [-0.15, -0.1) is 0 Å². The molecule has 0 spiro atoms. The second-order valence-corrected chi connectivity index (χ2v) is 5.64. The van der Waals surface area contributed by atoms with Crippen LogP contribution in [0, 0.1) is 18.6 Å². The van der Waals surface area contributed by atoms with Gasteiger partial charge in [-0.3, -0.25) is 9.59 Å². The smallest absolute Gasteiger partial charge is 0.254 e. The highest BCUT2D eigenvalue weighted by Gasteiger charge is 2.17. The Morgan fingerprint density at radius 3 is 2.48 bits per heavy atom. The van der Waals surface area contributed by atoms with E-state index in [-0.39, 0.29) is 18.0 Å². The second-order valence-electron chi connectivity index (χ2n) is 5.64. The molecule has 25 heavy (non-hydrogen) atoms. The van der Waals surface area contributed by atoms with Crippen molar-refractivity contribution in [2.45, 2.75) is 20.4 Å². The molecule has 0 atom stereocenters. The van der Waals surface area contributed by atoms with E-state index in [2.05, 4.69) is 5.32 Å². The molecular weight excluding hydrogens is 326 g/mol. The number of hydrogen-bond acceptors (Lipinski definition) is 2. The zero-order chi connectivity index (χ0) is 18.4. The predicted octanol–water partition coefficient (Wildman–Crippen LogP) is 3.05. The first-order chi connectivity index (χ1) is 11.9. The van der Waals surface area contributed by atoms with Gasteiger partial charge in [-0.25, -0.2) is 8.78 Å². The zero-order valence-corrected chi connectivity index (χ0v) is 14.2. The maximum Gasteiger partial charge on any atom is 0.254 e. The van der Waals surface area contributed by atoms with E-state index >= 15 is 0 Å². The first-order valence-electron chi connectivity index (χ1n) is 7.98. The molecule has 0 aromatic heterocycles. The van der Waals surface area contributed by atoms with Gasteiger partial charge >= 0.3 is 0 Å². The van der Waals surface area contributed by atoms with Crippen molar-refractivity contribution in [3.05, 3.63) is 70.8 Å². The minimum Gasteiger partial charge on any atom is -0.343 e. The van der Waals surface area contributed by atoms with Gasteiger partial charge in [0.15, 0.2) is 0 Å². The highest BCUT2D eigenvalue weighted by Crippen LogP contribution is 2.11. The van der Waals surface area contributed by atoms with Crippen LogP contribution in [-0.2, 0) is 11.3 Å². The van der Waals surface area contributed by atoms with Gasteiger partial charge in [-0.05, 0) is 37.1 Å². The van der Waals surface area contributed by atoms with Crippen LogP contribution in [0.5, 0.6) is 0 Å². The van der Waals surface area contributed by atoms with Gasteiger partial charge in [-0.1, -0.05) is 24.3 Å². The summed E-state index contributed by atoms with van der Waals surface area (Å²) >= 11 is 0. The zero-order valence-electron chi connectivity index (χ0n) is 14.2. The molecule has 0 aliphatic heterocycles. The number of nitrogens with one attached hydrogen (secondary N) is 1. The fourth-order valence-electron chi connectivity index (χ4n) is 2.41. The SMILES string of the molecule is CCN(Cc1ccccc1C)C(=O)CNC(=O)c1ccc(F)cc1F. The van der Waals surface area contributed by atoms with Crippen molar-refractivity contribution in [3.8, 4) is 0 Å². The Morgan fingerprint density at radius 1 is 1.12 bits per heavy atom. The lowest BCUT2D eigenvalue weighted by Gasteiger charge is -2.22.